The molecule has 0 amide bonds. The van der Waals surface area contributed by atoms with Crippen molar-refractivity contribution < 1.29 is 15.0 Å². The number of hydrogen-bond donors (Lipinski definition) is 5. The summed E-state index contributed by atoms with van der Waals surface area (Å²) in [4.78, 5) is 14.9. The maximum absolute atomic E-state index is 7.45. The summed E-state index contributed by atoms with van der Waals surface area (Å²) in [5, 5.41) is 6.50. The highest BCUT2D eigenvalue weighted by atomic mass is 31.2. The lowest BCUT2D eigenvalue weighted by Gasteiger charge is -1.79. The molecule has 0 aromatic rings. The molecule has 5 nitrogen and oxygen atoms in total. The largest absolute Gasteiger partial charge is 0.338 e. The molecule has 0 saturated carbocycles. The first kappa shape index (κ1) is 9.52. The number of nitrogens with two attached hydrogens (primary N) is 2. The van der Waals surface area contributed by atoms with Crippen molar-refractivity contribution >= 4 is 8.53 Å². The van der Waals surface area contributed by atoms with E-state index in [0.29, 0.717) is 0 Å². The van der Waals surface area contributed by atoms with Crippen LogP contribution in [-0.4, -0.2) is 15.0 Å². The second kappa shape index (κ2) is 8.97. The van der Waals surface area contributed by atoms with E-state index in [1.807, 2.05) is 0 Å². The fourth-order valence-electron chi connectivity index (χ4n) is 0. The molecule has 7 N–H and O–H groups in total. The van der Waals surface area contributed by atoms with Gasteiger partial charge in [0.1, 0.15) is 0 Å². The fraction of sp³-hybridized carbons (Fsp3) is 0. The van der Waals surface area contributed by atoms with Crippen molar-refractivity contribution in [2.24, 2.45) is 11.4 Å². The normalized spacial score (nSPS) is 7.00. The van der Waals surface area contributed by atoms with Crippen LogP contribution in [0, 0.1) is 0 Å². The number of hydrogen-bond acceptors (Lipinski definition) is 5. The molecular weight excluding hydrogens is 107 g/mol. The highest BCUT2D eigenvalue weighted by Gasteiger charge is 1.72. The van der Waals surface area contributed by atoms with E-state index in [2.05, 4.69) is 11.4 Å². The van der Waals surface area contributed by atoms with Crippen molar-refractivity contribution in [3.8, 4) is 0 Å². The van der Waals surface area contributed by atoms with Gasteiger partial charge in [-0.25, -0.2) is 5.90 Å². The molecule has 0 atom stereocenters. The first-order chi connectivity index (χ1) is 2.73. The molecule has 0 radical (unpaired) electrons. The van der Waals surface area contributed by atoms with E-state index in [0.717, 1.165) is 0 Å². The molecule has 0 unspecified atom stereocenters. The fourth-order valence-corrected chi connectivity index (χ4v) is 0. The molecule has 0 aliphatic heterocycles. The topological polar surface area (TPSA) is 113 Å². The minimum atomic E-state index is -2.12. The van der Waals surface area contributed by atoms with Gasteiger partial charge in [0, 0.05) is 0 Å². The van der Waals surface area contributed by atoms with E-state index in [4.69, 9.17) is 15.0 Å². The van der Waals surface area contributed by atoms with Crippen molar-refractivity contribution in [1.82, 2.24) is 0 Å². The molecule has 0 fully saturated rings. The van der Waals surface area contributed by atoms with Crippen LogP contribution in [0.4, 0.5) is 0 Å². The van der Waals surface area contributed by atoms with Crippen molar-refractivity contribution in [2.45, 2.75) is 0 Å². The SMILES string of the molecule is NO.NP(O)O. The smallest absolute Gasteiger partial charge is 0.247 e. The Morgan fingerprint density at radius 2 is 1.17 bits per heavy atom. The second-order valence-corrected chi connectivity index (χ2v) is 0.961. The van der Waals surface area contributed by atoms with Crippen LogP contribution in [0.15, 0.2) is 0 Å². The van der Waals surface area contributed by atoms with Gasteiger partial charge >= 0.3 is 0 Å². The monoisotopic (exact) mass is 114 g/mol. The minimum absolute atomic E-state index is 2.12. The zero-order valence-corrected chi connectivity index (χ0v) is 3.84. The van der Waals surface area contributed by atoms with Crippen molar-refractivity contribution in [3.63, 3.8) is 0 Å². The molecule has 0 bridgehead atoms. The Labute approximate surface area is 36.1 Å². The molecule has 0 spiro atoms. The Hall–Kier alpha value is 0.230. The van der Waals surface area contributed by atoms with E-state index < -0.39 is 8.53 Å². The molecule has 0 aromatic carbocycles. The summed E-state index contributed by atoms with van der Waals surface area (Å²) >= 11 is 0. The van der Waals surface area contributed by atoms with Crippen LogP contribution in [0.5, 0.6) is 0 Å². The first-order valence-electron chi connectivity index (χ1n) is 0.916. The lowest BCUT2D eigenvalue weighted by molar-refractivity contribution is 0.311. The molecule has 0 rings (SSSR count). The van der Waals surface area contributed by atoms with Gasteiger partial charge in [0.25, 0.3) is 0 Å². The Morgan fingerprint density at radius 3 is 1.17 bits per heavy atom. The summed E-state index contributed by atoms with van der Waals surface area (Å²) in [5.41, 5.74) is 4.29. The van der Waals surface area contributed by atoms with Crippen LogP contribution in [0.3, 0.4) is 0 Å². The maximum Gasteiger partial charge on any atom is 0.247 e. The van der Waals surface area contributed by atoms with Crippen molar-refractivity contribution in [1.29, 1.82) is 0 Å². The third-order valence-corrected chi connectivity index (χ3v) is 0. The predicted octanol–water partition coefficient (Wildman–Crippen LogP) is -1.51. The lowest BCUT2D eigenvalue weighted by Crippen LogP contribution is -1.78. The third kappa shape index (κ3) is 834. The predicted molar refractivity (Wildman–Crippen MR) is 21.5 cm³/mol. The van der Waals surface area contributed by atoms with E-state index >= 15 is 0 Å². The molecule has 0 heterocycles. The zero-order valence-electron chi connectivity index (χ0n) is 2.94. The van der Waals surface area contributed by atoms with Gasteiger partial charge in [-0.3, -0.25) is 5.50 Å². The standard InChI is InChI=1S/H4NO2P.H3NO/c1-4(2)3;1-2/h2-3H,1H2;2H,1H2. The minimum Gasteiger partial charge on any atom is -0.338 e. The average molecular weight is 114 g/mol. The quantitative estimate of drug-likeness (QED) is 0.194. The van der Waals surface area contributed by atoms with Crippen LogP contribution in [0.25, 0.3) is 0 Å². The van der Waals surface area contributed by atoms with Crippen LogP contribution in [-0.2, 0) is 0 Å². The second-order valence-electron chi connectivity index (χ2n) is 0.320. The van der Waals surface area contributed by atoms with Gasteiger partial charge in [0.05, 0.1) is 0 Å². The summed E-state index contributed by atoms with van der Waals surface area (Å²) in [6, 6.07) is 0. The molecule has 40 valence electrons. The van der Waals surface area contributed by atoms with E-state index in [9.17, 15) is 0 Å². The third-order valence-electron chi connectivity index (χ3n) is 0. The van der Waals surface area contributed by atoms with Crippen molar-refractivity contribution in [3.05, 3.63) is 0 Å². The molecule has 0 saturated heterocycles. The summed E-state index contributed by atoms with van der Waals surface area (Å²) < 4.78 is 0. The van der Waals surface area contributed by atoms with Gasteiger partial charge in [0.15, 0.2) is 0 Å². The van der Waals surface area contributed by atoms with Gasteiger partial charge < -0.3 is 15.0 Å². The molecular formula is H7N2O3P. The van der Waals surface area contributed by atoms with Crippen LogP contribution in [0.1, 0.15) is 0 Å². The van der Waals surface area contributed by atoms with Gasteiger partial charge in [-0.05, 0) is 0 Å². The maximum atomic E-state index is 7.45. The van der Waals surface area contributed by atoms with Crippen LogP contribution >= 0.6 is 8.53 Å². The molecule has 0 aromatic heterocycles. The Balaban J connectivity index is 0. The summed E-state index contributed by atoms with van der Waals surface area (Å²) in [6.07, 6.45) is 0. The van der Waals surface area contributed by atoms with E-state index in [1.165, 1.54) is 0 Å². The highest BCUT2D eigenvalue weighted by Crippen LogP contribution is 2.05. The molecule has 0 aliphatic rings. The summed E-state index contributed by atoms with van der Waals surface area (Å²) in [6.45, 7) is 0. The number of rotatable bonds is 0. The van der Waals surface area contributed by atoms with Crippen LogP contribution < -0.4 is 11.4 Å². The Morgan fingerprint density at radius 1 is 1.17 bits per heavy atom. The van der Waals surface area contributed by atoms with E-state index in [1.54, 1.807) is 0 Å². The molecule has 6 heavy (non-hydrogen) atoms. The highest BCUT2D eigenvalue weighted by molar-refractivity contribution is 7.42. The lowest BCUT2D eigenvalue weighted by atomic mass is 13.6. The van der Waals surface area contributed by atoms with Gasteiger partial charge in [-0.2, -0.15) is 0 Å². The Bertz CT molecular complexity index is 13.5. The summed E-state index contributed by atoms with van der Waals surface area (Å²) in [5.74, 6) is 3.50. The van der Waals surface area contributed by atoms with E-state index in [-0.39, 0.29) is 0 Å². The van der Waals surface area contributed by atoms with Gasteiger partial charge in [-0.1, -0.05) is 0 Å². The molecule has 0 aliphatic carbocycles. The van der Waals surface area contributed by atoms with Crippen molar-refractivity contribution in [2.75, 3.05) is 0 Å². The van der Waals surface area contributed by atoms with Crippen LogP contribution in [0.2, 0.25) is 0 Å². The first-order valence-corrected chi connectivity index (χ1v) is 2.23. The average Bonchev–Trinajstić information content (AvgIpc) is 1.41. The molecule has 6 heteroatoms. The Kier molecular flexibility index (Phi) is 14.2. The zero-order chi connectivity index (χ0) is 5.58. The van der Waals surface area contributed by atoms with Gasteiger partial charge in [-0.15, -0.1) is 0 Å². The summed E-state index contributed by atoms with van der Waals surface area (Å²) in [7, 11) is -2.12. The van der Waals surface area contributed by atoms with Gasteiger partial charge in [0.2, 0.25) is 8.53 Å².